The zero-order valence-corrected chi connectivity index (χ0v) is 16.2. The molecule has 0 aromatic carbocycles. The largest absolute Gasteiger partial charge is 0.330 e. The van der Waals surface area contributed by atoms with Crippen molar-refractivity contribution in [2.45, 2.75) is 46.2 Å². The van der Waals surface area contributed by atoms with Crippen molar-refractivity contribution in [3.8, 4) is 0 Å². The van der Waals surface area contributed by atoms with Crippen molar-refractivity contribution >= 4 is 29.1 Å². The molecule has 25 heavy (non-hydrogen) atoms. The fraction of sp³-hybridized carbons (Fsp3) is 0.500. The van der Waals surface area contributed by atoms with Crippen molar-refractivity contribution in [3.05, 3.63) is 45.5 Å². The van der Waals surface area contributed by atoms with Gasteiger partial charge in [-0.15, -0.1) is 0 Å². The van der Waals surface area contributed by atoms with E-state index in [1.165, 1.54) is 0 Å². The maximum atomic E-state index is 12.9. The van der Waals surface area contributed by atoms with Gasteiger partial charge >= 0.3 is 0 Å². The number of amides is 1. The van der Waals surface area contributed by atoms with Crippen LogP contribution in [0.4, 0.5) is 0 Å². The maximum absolute atomic E-state index is 12.9. The van der Waals surface area contributed by atoms with E-state index in [0.717, 1.165) is 30.6 Å². The van der Waals surface area contributed by atoms with Crippen LogP contribution >= 0.6 is 23.2 Å². The van der Waals surface area contributed by atoms with Crippen LogP contribution in [0.15, 0.2) is 18.2 Å². The van der Waals surface area contributed by atoms with Gasteiger partial charge in [0.15, 0.2) is 0 Å². The van der Waals surface area contributed by atoms with Crippen LogP contribution in [0.5, 0.6) is 0 Å². The minimum absolute atomic E-state index is 0.0679. The number of hydrogen-bond donors (Lipinski definition) is 0. The molecule has 0 saturated carbocycles. The quantitative estimate of drug-likeness (QED) is 0.732. The fourth-order valence-electron chi connectivity index (χ4n) is 3.40. The maximum Gasteiger partial charge on any atom is 0.273 e. The third kappa shape index (κ3) is 3.67. The number of aryl methyl sites for hydroxylation is 1. The topological polar surface area (TPSA) is 51.0 Å². The first-order valence-corrected chi connectivity index (χ1v) is 9.30. The monoisotopic (exact) mass is 380 g/mol. The van der Waals surface area contributed by atoms with Gasteiger partial charge in [0.2, 0.25) is 0 Å². The highest BCUT2D eigenvalue weighted by atomic mass is 35.5. The van der Waals surface area contributed by atoms with Crippen LogP contribution < -0.4 is 0 Å². The molecular formula is C18H22Cl2N4O. The molecule has 3 rings (SSSR count). The van der Waals surface area contributed by atoms with Crippen LogP contribution in [0.25, 0.3) is 0 Å². The van der Waals surface area contributed by atoms with Gasteiger partial charge in [-0.05, 0) is 37.8 Å². The molecule has 1 unspecified atom stereocenters. The number of rotatable bonds is 4. The molecular weight excluding hydrogens is 359 g/mol. The second-order valence-electron chi connectivity index (χ2n) is 6.87. The number of likely N-dealkylation sites (tertiary alicyclic amines) is 1. The third-order valence-electron chi connectivity index (χ3n) is 4.43. The van der Waals surface area contributed by atoms with Crippen molar-refractivity contribution in [3.63, 3.8) is 0 Å². The van der Waals surface area contributed by atoms with E-state index in [1.807, 2.05) is 16.5 Å². The zero-order valence-electron chi connectivity index (χ0n) is 14.7. The summed E-state index contributed by atoms with van der Waals surface area (Å²) in [5.41, 5.74) is 2.20. The Balaban J connectivity index is 1.92. The number of carbonyl (C=O) groups is 1. The molecule has 3 heterocycles. The smallest absolute Gasteiger partial charge is 0.273 e. The number of aromatic nitrogens is 3. The first kappa shape index (κ1) is 18.2. The van der Waals surface area contributed by atoms with Crippen molar-refractivity contribution in [2.75, 3.05) is 6.54 Å². The molecule has 0 radical (unpaired) electrons. The third-order valence-corrected chi connectivity index (χ3v) is 5.04. The van der Waals surface area contributed by atoms with Gasteiger partial charge in [-0.2, -0.15) is 5.10 Å². The molecule has 0 aliphatic carbocycles. The van der Waals surface area contributed by atoms with E-state index in [9.17, 15) is 4.79 Å². The van der Waals surface area contributed by atoms with Gasteiger partial charge in [-0.1, -0.05) is 43.1 Å². The lowest BCUT2D eigenvalue weighted by molar-refractivity contribution is 0.0729. The molecule has 0 bridgehead atoms. The number of pyridine rings is 1. The van der Waals surface area contributed by atoms with E-state index < -0.39 is 0 Å². The van der Waals surface area contributed by atoms with Crippen molar-refractivity contribution in [1.29, 1.82) is 0 Å². The summed E-state index contributed by atoms with van der Waals surface area (Å²) in [6, 6.07) is 5.03. The van der Waals surface area contributed by atoms with E-state index in [2.05, 4.69) is 23.9 Å². The molecule has 1 aliphatic rings. The predicted molar refractivity (Wildman–Crippen MR) is 99.1 cm³/mol. The highest BCUT2D eigenvalue weighted by Crippen LogP contribution is 2.38. The number of nitrogens with zero attached hydrogens (tertiary/aromatic N) is 4. The second kappa shape index (κ2) is 7.34. The van der Waals surface area contributed by atoms with E-state index in [0.29, 0.717) is 28.5 Å². The van der Waals surface area contributed by atoms with Gasteiger partial charge in [-0.25, -0.2) is 4.98 Å². The number of halogens is 2. The highest BCUT2D eigenvalue weighted by molar-refractivity contribution is 6.30. The Morgan fingerprint density at radius 1 is 1.36 bits per heavy atom. The summed E-state index contributed by atoms with van der Waals surface area (Å²) in [5, 5.41) is 5.54. The van der Waals surface area contributed by atoms with Gasteiger partial charge in [-0.3, -0.25) is 9.48 Å². The summed E-state index contributed by atoms with van der Waals surface area (Å²) in [6.45, 7) is 7.65. The highest BCUT2D eigenvalue weighted by Gasteiger charge is 2.35. The molecule has 134 valence electrons. The molecule has 1 fully saturated rings. The molecule has 1 aliphatic heterocycles. The minimum atomic E-state index is -0.114. The van der Waals surface area contributed by atoms with E-state index >= 15 is 0 Å². The molecule has 1 saturated heterocycles. The lowest BCUT2D eigenvalue weighted by Gasteiger charge is -2.24. The normalized spacial score (nSPS) is 17.5. The van der Waals surface area contributed by atoms with Gasteiger partial charge in [0.25, 0.3) is 5.91 Å². The SMILES string of the molecule is Cc1nn(CC(C)C)c(Cl)c1C1CCCN1C(=O)c1cccc(Cl)n1. The van der Waals surface area contributed by atoms with Crippen LogP contribution in [0.3, 0.4) is 0 Å². The van der Waals surface area contributed by atoms with Gasteiger partial charge in [0.05, 0.1) is 11.7 Å². The van der Waals surface area contributed by atoms with Crippen LogP contribution in [-0.2, 0) is 6.54 Å². The molecule has 5 nitrogen and oxygen atoms in total. The van der Waals surface area contributed by atoms with Crippen LogP contribution in [0.2, 0.25) is 10.3 Å². The van der Waals surface area contributed by atoms with E-state index in [4.69, 9.17) is 23.2 Å². The summed E-state index contributed by atoms with van der Waals surface area (Å²) in [4.78, 5) is 18.9. The second-order valence-corrected chi connectivity index (χ2v) is 7.61. The standard InChI is InChI=1S/C18H22Cl2N4O/c1-11(2)10-24-17(20)16(12(3)22-24)14-7-5-9-23(14)18(25)13-6-4-8-15(19)21-13/h4,6,8,11,14H,5,7,9-10H2,1-3H3. The van der Waals surface area contributed by atoms with Crippen LogP contribution in [0, 0.1) is 12.8 Å². The molecule has 1 amide bonds. The zero-order chi connectivity index (χ0) is 18.1. The van der Waals surface area contributed by atoms with E-state index in [1.54, 1.807) is 18.2 Å². The Bertz CT molecular complexity index is 787. The van der Waals surface area contributed by atoms with Crippen LogP contribution in [0.1, 0.15) is 54.5 Å². The van der Waals surface area contributed by atoms with Crippen LogP contribution in [-0.4, -0.2) is 32.1 Å². The lowest BCUT2D eigenvalue weighted by atomic mass is 10.1. The molecule has 2 aromatic heterocycles. The molecule has 0 N–H and O–H groups in total. The molecule has 1 atom stereocenters. The van der Waals surface area contributed by atoms with Crippen molar-refractivity contribution < 1.29 is 4.79 Å². The van der Waals surface area contributed by atoms with E-state index in [-0.39, 0.29) is 11.9 Å². The first-order chi connectivity index (χ1) is 11.9. The average molecular weight is 381 g/mol. The van der Waals surface area contributed by atoms with Crippen molar-refractivity contribution in [2.24, 2.45) is 5.92 Å². The number of carbonyl (C=O) groups excluding carboxylic acids is 1. The Labute approximate surface area is 157 Å². The Morgan fingerprint density at radius 2 is 2.12 bits per heavy atom. The van der Waals surface area contributed by atoms with Gasteiger partial charge in [0.1, 0.15) is 16.0 Å². The number of hydrogen-bond acceptors (Lipinski definition) is 3. The Kier molecular flexibility index (Phi) is 5.35. The summed E-state index contributed by atoms with van der Waals surface area (Å²) < 4.78 is 1.84. The summed E-state index contributed by atoms with van der Waals surface area (Å²) in [5.74, 6) is 0.332. The average Bonchev–Trinajstić information content (AvgIpc) is 3.11. The summed E-state index contributed by atoms with van der Waals surface area (Å²) >= 11 is 12.6. The molecule has 7 heteroatoms. The van der Waals surface area contributed by atoms with Crippen molar-refractivity contribution in [1.82, 2.24) is 19.7 Å². The van der Waals surface area contributed by atoms with Gasteiger partial charge < -0.3 is 4.90 Å². The Hall–Kier alpha value is -1.59. The first-order valence-electron chi connectivity index (χ1n) is 8.54. The fourth-order valence-corrected chi connectivity index (χ4v) is 3.93. The van der Waals surface area contributed by atoms with Gasteiger partial charge in [0, 0.05) is 18.7 Å². The minimum Gasteiger partial charge on any atom is -0.330 e. The summed E-state index contributed by atoms with van der Waals surface area (Å²) in [6.07, 6.45) is 1.81. The summed E-state index contributed by atoms with van der Waals surface area (Å²) in [7, 11) is 0. The molecule has 0 spiro atoms. The Morgan fingerprint density at radius 3 is 2.80 bits per heavy atom. The lowest BCUT2D eigenvalue weighted by Crippen LogP contribution is -2.31. The molecule has 2 aromatic rings. The predicted octanol–water partition coefficient (Wildman–Crippen LogP) is 4.53.